The smallest absolute Gasteiger partial charge is 0.123 e. The second-order valence-electron chi connectivity index (χ2n) is 5.08. The summed E-state index contributed by atoms with van der Waals surface area (Å²) in [6.45, 7) is 0. The Bertz CT molecular complexity index is 588. The molecule has 1 fully saturated rings. The van der Waals surface area contributed by atoms with Crippen LogP contribution < -0.4 is 15.2 Å². The molecule has 4 heteroatoms. The van der Waals surface area contributed by atoms with Crippen molar-refractivity contribution in [3.05, 3.63) is 42.1 Å². The normalized spacial score (nSPS) is 20.6. The van der Waals surface area contributed by atoms with Crippen LogP contribution in [0.3, 0.4) is 0 Å². The van der Waals surface area contributed by atoms with Crippen LogP contribution in [-0.2, 0) is 0 Å². The van der Waals surface area contributed by atoms with Gasteiger partial charge in [-0.1, -0.05) is 6.07 Å². The van der Waals surface area contributed by atoms with Crippen LogP contribution >= 0.6 is 0 Å². The zero-order chi connectivity index (χ0) is 14.1. The van der Waals surface area contributed by atoms with Gasteiger partial charge in [0.05, 0.1) is 19.9 Å². The molecule has 4 nitrogen and oxygen atoms in total. The van der Waals surface area contributed by atoms with Crippen molar-refractivity contribution < 1.29 is 9.47 Å². The Morgan fingerprint density at radius 2 is 1.75 bits per heavy atom. The molecule has 20 heavy (non-hydrogen) atoms. The van der Waals surface area contributed by atoms with Crippen molar-refractivity contribution in [2.75, 3.05) is 14.2 Å². The monoisotopic (exact) mass is 270 g/mol. The van der Waals surface area contributed by atoms with Crippen LogP contribution in [0, 0.1) is 0 Å². The maximum Gasteiger partial charge on any atom is 0.123 e. The summed E-state index contributed by atoms with van der Waals surface area (Å²) in [5.74, 6) is 2.00. The third-order valence-corrected chi connectivity index (χ3v) is 3.70. The minimum absolute atomic E-state index is 0.305. The van der Waals surface area contributed by atoms with Gasteiger partial charge in [0.25, 0.3) is 0 Å². The van der Waals surface area contributed by atoms with Crippen LogP contribution in [0.5, 0.6) is 11.5 Å². The zero-order valence-electron chi connectivity index (χ0n) is 11.7. The lowest BCUT2D eigenvalue weighted by Gasteiger charge is -2.08. The quantitative estimate of drug-likeness (QED) is 0.927. The zero-order valence-corrected chi connectivity index (χ0v) is 11.7. The maximum absolute atomic E-state index is 5.86. The second-order valence-corrected chi connectivity index (χ2v) is 5.08. The summed E-state index contributed by atoms with van der Waals surface area (Å²) in [6, 6.07) is 10.2. The Hall–Kier alpha value is -2.07. The predicted molar refractivity (Wildman–Crippen MR) is 78.1 cm³/mol. The fourth-order valence-electron chi connectivity index (χ4n) is 2.35. The number of hydrogen-bond donors (Lipinski definition) is 1. The van der Waals surface area contributed by atoms with E-state index in [4.69, 9.17) is 15.2 Å². The summed E-state index contributed by atoms with van der Waals surface area (Å²) in [5, 5.41) is 0. The largest absolute Gasteiger partial charge is 0.497 e. The third kappa shape index (κ3) is 2.47. The lowest BCUT2D eigenvalue weighted by Crippen LogP contribution is -2.01. The summed E-state index contributed by atoms with van der Waals surface area (Å²) in [4.78, 5) is 4.53. The standard InChI is InChI=1S/C16H18N2O2/c1-19-12-5-11(6-13(7-12)20-2)16-4-3-10(9-18-16)14-8-15(14)17/h3-7,9,14-15H,8,17H2,1-2H3/t14-,15+/m0/s1. The molecule has 1 saturated carbocycles. The molecular weight excluding hydrogens is 252 g/mol. The molecule has 2 aromatic rings. The number of nitrogens with zero attached hydrogens (tertiary/aromatic N) is 1. The molecule has 0 bridgehead atoms. The van der Waals surface area contributed by atoms with Crippen molar-refractivity contribution in [2.24, 2.45) is 5.73 Å². The van der Waals surface area contributed by atoms with Gasteiger partial charge in [-0.25, -0.2) is 0 Å². The maximum atomic E-state index is 5.86. The average molecular weight is 270 g/mol. The van der Waals surface area contributed by atoms with E-state index in [0.717, 1.165) is 29.2 Å². The van der Waals surface area contributed by atoms with Crippen LogP contribution in [0.1, 0.15) is 17.9 Å². The van der Waals surface area contributed by atoms with E-state index in [-0.39, 0.29) is 0 Å². The van der Waals surface area contributed by atoms with Gasteiger partial charge in [-0.3, -0.25) is 4.98 Å². The van der Waals surface area contributed by atoms with Gasteiger partial charge in [0, 0.05) is 29.8 Å². The molecule has 104 valence electrons. The Balaban J connectivity index is 1.91. The van der Waals surface area contributed by atoms with E-state index < -0.39 is 0 Å². The molecule has 0 radical (unpaired) electrons. The number of nitrogens with two attached hydrogens (primary N) is 1. The molecule has 1 aromatic heterocycles. The molecule has 2 atom stereocenters. The molecule has 0 amide bonds. The molecular formula is C16H18N2O2. The summed E-state index contributed by atoms with van der Waals surface area (Å²) in [5.41, 5.74) is 8.96. The van der Waals surface area contributed by atoms with Crippen molar-refractivity contribution in [3.63, 3.8) is 0 Å². The van der Waals surface area contributed by atoms with Crippen LogP contribution in [0.25, 0.3) is 11.3 Å². The number of rotatable bonds is 4. The SMILES string of the molecule is COc1cc(OC)cc(-c2ccc([C@@H]3C[C@H]3N)cn2)c1. The number of aromatic nitrogens is 1. The van der Waals surface area contributed by atoms with Crippen molar-refractivity contribution in [3.8, 4) is 22.8 Å². The average Bonchev–Trinajstić information content (AvgIpc) is 3.23. The van der Waals surface area contributed by atoms with E-state index in [0.29, 0.717) is 12.0 Å². The third-order valence-electron chi connectivity index (χ3n) is 3.70. The van der Waals surface area contributed by atoms with Crippen LogP contribution in [0.4, 0.5) is 0 Å². The van der Waals surface area contributed by atoms with Crippen LogP contribution in [0.15, 0.2) is 36.5 Å². The Morgan fingerprint density at radius 1 is 1.10 bits per heavy atom. The first-order chi connectivity index (χ1) is 9.71. The molecule has 0 spiro atoms. The van der Waals surface area contributed by atoms with Crippen molar-refractivity contribution in [1.29, 1.82) is 0 Å². The minimum Gasteiger partial charge on any atom is -0.497 e. The number of methoxy groups -OCH3 is 2. The lowest BCUT2D eigenvalue weighted by molar-refractivity contribution is 0.394. The van der Waals surface area contributed by atoms with E-state index in [2.05, 4.69) is 11.1 Å². The summed E-state index contributed by atoms with van der Waals surface area (Å²) in [7, 11) is 3.28. The Morgan fingerprint density at radius 3 is 2.20 bits per heavy atom. The molecule has 0 aliphatic heterocycles. The molecule has 0 unspecified atom stereocenters. The minimum atomic E-state index is 0.305. The second kappa shape index (κ2) is 5.13. The number of pyridine rings is 1. The highest BCUT2D eigenvalue weighted by molar-refractivity contribution is 5.64. The fraction of sp³-hybridized carbons (Fsp3) is 0.312. The van der Waals surface area contributed by atoms with E-state index in [1.54, 1.807) is 14.2 Å². The summed E-state index contributed by atoms with van der Waals surface area (Å²) < 4.78 is 10.6. The number of benzene rings is 1. The highest BCUT2D eigenvalue weighted by Crippen LogP contribution is 2.39. The number of ether oxygens (including phenoxy) is 2. The Kier molecular flexibility index (Phi) is 3.32. The van der Waals surface area contributed by atoms with E-state index >= 15 is 0 Å². The van der Waals surface area contributed by atoms with Gasteiger partial charge in [-0.05, 0) is 30.2 Å². The van der Waals surface area contributed by atoms with Crippen molar-refractivity contribution in [2.45, 2.75) is 18.4 Å². The highest BCUT2D eigenvalue weighted by atomic mass is 16.5. The first-order valence-electron chi connectivity index (χ1n) is 6.66. The van der Waals surface area contributed by atoms with Gasteiger partial charge in [0.15, 0.2) is 0 Å². The van der Waals surface area contributed by atoms with Gasteiger partial charge < -0.3 is 15.2 Å². The van der Waals surface area contributed by atoms with E-state index in [9.17, 15) is 0 Å². The topological polar surface area (TPSA) is 57.4 Å². The molecule has 3 rings (SSSR count). The van der Waals surface area contributed by atoms with E-state index in [1.165, 1.54) is 5.56 Å². The van der Waals surface area contributed by atoms with Crippen LogP contribution in [0.2, 0.25) is 0 Å². The van der Waals surface area contributed by atoms with Gasteiger partial charge in [0.1, 0.15) is 11.5 Å². The molecule has 1 heterocycles. The molecule has 1 aliphatic rings. The first kappa shape index (κ1) is 12.9. The fourth-order valence-corrected chi connectivity index (χ4v) is 2.35. The van der Waals surface area contributed by atoms with E-state index in [1.807, 2.05) is 30.5 Å². The van der Waals surface area contributed by atoms with Crippen LogP contribution in [-0.4, -0.2) is 25.2 Å². The molecule has 1 aliphatic carbocycles. The Labute approximate surface area is 118 Å². The van der Waals surface area contributed by atoms with Crippen molar-refractivity contribution >= 4 is 0 Å². The van der Waals surface area contributed by atoms with Gasteiger partial charge in [-0.15, -0.1) is 0 Å². The number of hydrogen-bond acceptors (Lipinski definition) is 4. The van der Waals surface area contributed by atoms with Gasteiger partial charge in [0.2, 0.25) is 0 Å². The van der Waals surface area contributed by atoms with Gasteiger partial charge in [-0.2, -0.15) is 0 Å². The molecule has 0 saturated heterocycles. The lowest BCUT2D eigenvalue weighted by atomic mass is 10.1. The predicted octanol–water partition coefficient (Wildman–Crippen LogP) is 2.58. The summed E-state index contributed by atoms with van der Waals surface area (Å²) in [6.07, 6.45) is 2.98. The molecule has 1 aromatic carbocycles. The first-order valence-corrected chi connectivity index (χ1v) is 6.66. The summed E-state index contributed by atoms with van der Waals surface area (Å²) >= 11 is 0. The highest BCUT2D eigenvalue weighted by Gasteiger charge is 2.34. The van der Waals surface area contributed by atoms with Crippen molar-refractivity contribution in [1.82, 2.24) is 4.98 Å². The molecule has 2 N–H and O–H groups in total. The van der Waals surface area contributed by atoms with Gasteiger partial charge >= 0.3 is 0 Å².